The predicted octanol–water partition coefficient (Wildman–Crippen LogP) is 5.01. The van der Waals surface area contributed by atoms with Gasteiger partial charge in [0.2, 0.25) is 0 Å². The van der Waals surface area contributed by atoms with Gasteiger partial charge in [0, 0.05) is 23.4 Å². The molecule has 21 heavy (non-hydrogen) atoms. The molecular formula is C18H31NOS. The van der Waals surface area contributed by atoms with Crippen LogP contribution in [0.15, 0.2) is 18.2 Å². The summed E-state index contributed by atoms with van der Waals surface area (Å²) in [6, 6.07) is 6.54. The maximum Gasteiger partial charge on any atom is 0.122 e. The summed E-state index contributed by atoms with van der Waals surface area (Å²) in [5.74, 6) is 3.29. The van der Waals surface area contributed by atoms with E-state index in [0.29, 0.717) is 0 Å². The van der Waals surface area contributed by atoms with Crippen molar-refractivity contribution in [1.82, 2.24) is 5.32 Å². The second kappa shape index (κ2) is 9.37. The van der Waals surface area contributed by atoms with Crippen LogP contribution in [0.1, 0.15) is 58.1 Å². The van der Waals surface area contributed by atoms with Crippen molar-refractivity contribution in [1.29, 1.82) is 0 Å². The summed E-state index contributed by atoms with van der Waals surface area (Å²) in [7, 11) is 1.76. The van der Waals surface area contributed by atoms with Crippen LogP contribution in [-0.2, 0) is 12.3 Å². The number of methoxy groups -OCH3 is 1. The number of rotatable bonds is 9. The fourth-order valence-electron chi connectivity index (χ4n) is 2.06. The summed E-state index contributed by atoms with van der Waals surface area (Å²) in [4.78, 5) is 0. The van der Waals surface area contributed by atoms with Gasteiger partial charge in [-0.25, -0.2) is 0 Å². The van der Waals surface area contributed by atoms with Gasteiger partial charge in [-0.15, -0.1) is 0 Å². The minimum atomic E-state index is 0.148. The predicted molar refractivity (Wildman–Crippen MR) is 95.3 cm³/mol. The van der Waals surface area contributed by atoms with Gasteiger partial charge < -0.3 is 10.1 Å². The second-order valence-corrected chi connectivity index (χ2v) is 7.61. The highest BCUT2D eigenvalue weighted by Crippen LogP contribution is 2.25. The van der Waals surface area contributed by atoms with E-state index in [4.69, 9.17) is 4.74 Å². The minimum Gasteiger partial charge on any atom is -0.496 e. The Kier molecular flexibility index (Phi) is 8.20. The summed E-state index contributed by atoms with van der Waals surface area (Å²) in [6.07, 6.45) is 3.94. The molecule has 0 aromatic heterocycles. The average Bonchev–Trinajstić information content (AvgIpc) is 2.44. The lowest BCUT2D eigenvalue weighted by atomic mass is 10.1. The number of ether oxygens (including phenoxy) is 1. The molecule has 1 aromatic carbocycles. The lowest BCUT2D eigenvalue weighted by molar-refractivity contribution is 0.409. The number of hydrogen-bond acceptors (Lipinski definition) is 3. The zero-order valence-electron chi connectivity index (χ0n) is 14.3. The monoisotopic (exact) mass is 309 g/mol. The lowest BCUT2D eigenvalue weighted by Crippen LogP contribution is -2.35. The van der Waals surface area contributed by atoms with Gasteiger partial charge in [0.1, 0.15) is 5.75 Å². The summed E-state index contributed by atoms with van der Waals surface area (Å²) >= 11 is 2.01. The fraction of sp³-hybridized carbons (Fsp3) is 0.667. The largest absolute Gasteiger partial charge is 0.496 e. The third-order valence-corrected chi connectivity index (χ3v) is 4.41. The van der Waals surface area contributed by atoms with Gasteiger partial charge in [0.25, 0.3) is 0 Å². The highest BCUT2D eigenvalue weighted by molar-refractivity contribution is 7.98. The van der Waals surface area contributed by atoms with Crippen LogP contribution in [-0.4, -0.2) is 18.4 Å². The molecule has 3 heteroatoms. The number of unbranched alkanes of at least 4 members (excludes halogenated alkanes) is 2. The molecule has 1 rings (SSSR count). The molecule has 0 heterocycles. The first kappa shape index (κ1) is 18.4. The van der Waals surface area contributed by atoms with Gasteiger partial charge in [-0.05, 0) is 50.6 Å². The van der Waals surface area contributed by atoms with Crippen LogP contribution < -0.4 is 10.1 Å². The Morgan fingerprint density at radius 2 is 1.95 bits per heavy atom. The van der Waals surface area contributed by atoms with E-state index in [-0.39, 0.29) is 5.54 Å². The first-order valence-electron chi connectivity index (χ1n) is 7.95. The van der Waals surface area contributed by atoms with Crippen LogP contribution >= 0.6 is 11.8 Å². The molecule has 1 aromatic rings. The number of benzene rings is 1. The van der Waals surface area contributed by atoms with Crippen molar-refractivity contribution in [3.05, 3.63) is 29.3 Å². The second-order valence-electron chi connectivity index (χ2n) is 6.51. The van der Waals surface area contributed by atoms with Crippen molar-refractivity contribution >= 4 is 11.8 Å². The van der Waals surface area contributed by atoms with E-state index >= 15 is 0 Å². The topological polar surface area (TPSA) is 21.3 Å². The maximum atomic E-state index is 5.49. The first-order valence-corrected chi connectivity index (χ1v) is 9.10. The zero-order chi connectivity index (χ0) is 15.7. The molecule has 2 nitrogen and oxygen atoms in total. The molecular weight excluding hydrogens is 278 g/mol. The SMILES string of the molecule is CCCCCSCc1cc(CNC(C)(C)C)ccc1OC. The van der Waals surface area contributed by atoms with Crippen molar-refractivity contribution in [2.75, 3.05) is 12.9 Å². The summed E-state index contributed by atoms with van der Waals surface area (Å²) in [5.41, 5.74) is 2.79. The van der Waals surface area contributed by atoms with Gasteiger partial charge >= 0.3 is 0 Å². The minimum absolute atomic E-state index is 0.148. The fourth-order valence-corrected chi connectivity index (χ4v) is 3.06. The van der Waals surface area contributed by atoms with Crippen molar-refractivity contribution in [2.24, 2.45) is 0 Å². The first-order chi connectivity index (χ1) is 9.96. The Balaban J connectivity index is 2.58. The molecule has 0 atom stereocenters. The molecule has 0 aliphatic carbocycles. The summed E-state index contributed by atoms with van der Waals surface area (Å²) in [5, 5.41) is 3.54. The van der Waals surface area contributed by atoms with E-state index < -0.39 is 0 Å². The molecule has 0 bridgehead atoms. The van der Waals surface area contributed by atoms with Crippen LogP contribution in [0.25, 0.3) is 0 Å². The molecule has 0 aliphatic rings. The third-order valence-electron chi connectivity index (χ3n) is 3.32. The standard InChI is InChI=1S/C18H31NOS/c1-6-7-8-11-21-14-16-12-15(9-10-17(16)20-5)13-19-18(2,3)4/h9-10,12,19H,6-8,11,13-14H2,1-5H3. The van der Waals surface area contributed by atoms with E-state index in [0.717, 1.165) is 18.0 Å². The van der Waals surface area contributed by atoms with Crippen molar-refractivity contribution in [3.8, 4) is 5.75 Å². The van der Waals surface area contributed by atoms with Gasteiger partial charge in [-0.2, -0.15) is 11.8 Å². The van der Waals surface area contributed by atoms with Crippen LogP contribution in [0.3, 0.4) is 0 Å². The Morgan fingerprint density at radius 3 is 2.57 bits per heavy atom. The summed E-state index contributed by atoms with van der Waals surface area (Å²) in [6.45, 7) is 9.74. The number of hydrogen-bond donors (Lipinski definition) is 1. The van der Waals surface area contributed by atoms with Crippen molar-refractivity contribution < 1.29 is 4.74 Å². The average molecular weight is 310 g/mol. The molecule has 0 saturated heterocycles. The number of nitrogens with one attached hydrogen (secondary N) is 1. The molecule has 0 amide bonds. The van der Waals surface area contributed by atoms with E-state index in [9.17, 15) is 0 Å². The molecule has 0 saturated carbocycles. The Bertz CT molecular complexity index is 412. The zero-order valence-corrected chi connectivity index (χ0v) is 15.1. The molecule has 0 aliphatic heterocycles. The van der Waals surface area contributed by atoms with Crippen LogP contribution in [0.2, 0.25) is 0 Å². The van der Waals surface area contributed by atoms with E-state index in [1.54, 1.807) is 7.11 Å². The van der Waals surface area contributed by atoms with E-state index in [2.05, 4.69) is 51.2 Å². The molecule has 1 N–H and O–H groups in total. The highest BCUT2D eigenvalue weighted by atomic mass is 32.2. The smallest absolute Gasteiger partial charge is 0.122 e. The number of thioether (sulfide) groups is 1. The normalized spacial score (nSPS) is 11.7. The molecule has 0 fully saturated rings. The van der Waals surface area contributed by atoms with Gasteiger partial charge in [0.05, 0.1) is 7.11 Å². The lowest BCUT2D eigenvalue weighted by Gasteiger charge is -2.21. The highest BCUT2D eigenvalue weighted by Gasteiger charge is 2.10. The van der Waals surface area contributed by atoms with E-state index in [1.165, 1.54) is 36.1 Å². The molecule has 0 spiro atoms. The molecule has 120 valence electrons. The van der Waals surface area contributed by atoms with Crippen LogP contribution in [0.5, 0.6) is 5.75 Å². The van der Waals surface area contributed by atoms with Crippen molar-refractivity contribution in [2.45, 2.75) is 64.8 Å². The Labute approximate surface area is 135 Å². The van der Waals surface area contributed by atoms with Crippen LogP contribution in [0.4, 0.5) is 0 Å². The van der Waals surface area contributed by atoms with E-state index in [1.807, 2.05) is 11.8 Å². The quantitative estimate of drug-likeness (QED) is 0.648. The van der Waals surface area contributed by atoms with Crippen molar-refractivity contribution in [3.63, 3.8) is 0 Å². The molecule has 0 radical (unpaired) electrons. The van der Waals surface area contributed by atoms with Gasteiger partial charge in [0.15, 0.2) is 0 Å². The Hall–Kier alpha value is -0.670. The maximum absolute atomic E-state index is 5.49. The Morgan fingerprint density at radius 1 is 1.19 bits per heavy atom. The third kappa shape index (κ3) is 7.77. The van der Waals surface area contributed by atoms with Gasteiger partial charge in [-0.3, -0.25) is 0 Å². The summed E-state index contributed by atoms with van der Waals surface area (Å²) < 4.78 is 5.49. The molecule has 0 unspecified atom stereocenters. The van der Waals surface area contributed by atoms with Crippen LogP contribution in [0, 0.1) is 0 Å². The van der Waals surface area contributed by atoms with Gasteiger partial charge in [-0.1, -0.05) is 25.8 Å².